The zero-order valence-electron chi connectivity index (χ0n) is 11.2. The summed E-state index contributed by atoms with van der Waals surface area (Å²) in [6, 6.07) is 0. The van der Waals surface area contributed by atoms with Crippen molar-refractivity contribution < 1.29 is 24.2 Å². The molecule has 0 saturated carbocycles. The number of carboxylic acid groups (broad SMARTS) is 1. The largest absolute Gasteiger partial charge is 0.481 e. The molecule has 0 aliphatic carbocycles. The second kappa shape index (κ2) is 5.53. The van der Waals surface area contributed by atoms with Gasteiger partial charge in [-0.25, -0.2) is 9.88 Å². The van der Waals surface area contributed by atoms with Crippen LogP contribution in [0.3, 0.4) is 0 Å². The minimum Gasteiger partial charge on any atom is -0.481 e. The Morgan fingerprint density at radius 1 is 1.38 bits per heavy atom. The van der Waals surface area contributed by atoms with Crippen molar-refractivity contribution in [3.05, 3.63) is 11.1 Å². The predicted molar refractivity (Wildman–Crippen MR) is 73.1 cm³/mol. The Morgan fingerprint density at radius 3 is 2.67 bits per heavy atom. The van der Waals surface area contributed by atoms with Crippen LogP contribution in [0.1, 0.15) is 31.4 Å². The average Bonchev–Trinajstić information content (AvgIpc) is 3.05. The smallest absolute Gasteiger partial charge is 0.303 e. The van der Waals surface area contributed by atoms with E-state index in [1.165, 1.54) is 11.3 Å². The number of aromatic nitrogens is 1. The molecule has 2 unspecified atom stereocenters. The van der Waals surface area contributed by atoms with Crippen molar-refractivity contribution in [1.29, 1.82) is 0 Å². The number of hydrogen-bond acceptors (Lipinski definition) is 6. The molecule has 2 amide bonds. The van der Waals surface area contributed by atoms with Gasteiger partial charge in [-0.3, -0.25) is 14.4 Å². The first kappa shape index (κ1) is 14.2. The lowest BCUT2D eigenvalue weighted by atomic mass is 10.2. The first-order valence-corrected chi connectivity index (χ1v) is 7.63. The van der Waals surface area contributed by atoms with Gasteiger partial charge in [0.1, 0.15) is 12.2 Å². The Labute approximate surface area is 124 Å². The fourth-order valence-electron chi connectivity index (χ4n) is 2.52. The summed E-state index contributed by atoms with van der Waals surface area (Å²) in [6.45, 7) is 0. The average molecular weight is 310 g/mol. The molecule has 0 aromatic carbocycles. The van der Waals surface area contributed by atoms with Crippen molar-refractivity contribution in [3.8, 4) is 0 Å². The lowest BCUT2D eigenvalue weighted by Crippen LogP contribution is -2.52. The van der Waals surface area contributed by atoms with Gasteiger partial charge >= 0.3 is 5.97 Å². The van der Waals surface area contributed by atoms with Crippen molar-refractivity contribution in [2.75, 3.05) is 4.90 Å². The third-order valence-corrected chi connectivity index (χ3v) is 4.44. The summed E-state index contributed by atoms with van der Waals surface area (Å²) in [6.07, 6.45) is 1.15. The number of carbonyl (C=O) groups excluding carboxylic acids is 2. The first-order valence-electron chi connectivity index (χ1n) is 6.75. The highest BCUT2D eigenvalue weighted by atomic mass is 32.1. The minimum atomic E-state index is -0.847. The Kier molecular flexibility index (Phi) is 3.73. The van der Waals surface area contributed by atoms with Gasteiger partial charge in [0.05, 0.1) is 5.69 Å². The van der Waals surface area contributed by atoms with Crippen LogP contribution < -0.4 is 4.90 Å². The number of carbonyl (C=O) groups is 3. The summed E-state index contributed by atoms with van der Waals surface area (Å²) in [7, 11) is 0. The standard InChI is InChI=1S/C13H14N2O5S/c16-10(17)3-1-2-7-6-21-13(14-7)15-11(18)8-4-5-9(20-8)12(15)19/h6,8-9H,1-5H2,(H,16,17). The van der Waals surface area contributed by atoms with E-state index >= 15 is 0 Å². The highest BCUT2D eigenvalue weighted by Gasteiger charge is 2.48. The molecule has 2 saturated heterocycles. The molecule has 2 fully saturated rings. The van der Waals surface area contributed by atoms with Crippen LogP contribution in [-0.2, 0) is 25.5 Å². The van der Waals surface area contributed by atoms with E-state index in [9.17, 15) is 14.4 Å². The van der Waals surface area contributed by atoms with Gasteiger partial charge in [0, 0.05) is 11.8 Å². The van der Waals surface area contributed by atoms with Crippen LogP contribution >= 0.6 is 11.3 Å². The van der Waals surface area contributed by atoms with Crippen LogP contribution in [0, 0.1) is 0 Å². The predicted octanol–water partition coefficient (Wildman–Crippen LogP) is 0.971. The molecule has 1 N–H and O–H groups in total. The summed E-state index contributed by atoms with van der Waals surface area (Å²) >= 11 is 1.22. The second-order valence-corrected chi connectivity index (χ2v) is 5.91. The Balaban J connectivity index is 1.72. The maximum atomic E-state index is 12.2. The van der Waals surface area contributed by atoms with Crippen molar-refractivity contribution in [1.82, 2.24) is 4.98 Å². The maximum absolute atomic E-state index is 12.2. The molecule has 7 nitrogen and oxygen atoms in total. The van der Waals surface area contributed by atoms with Gasteiger partial charge in [-0.1, -0.05) is 0 Å². The monoisotopic (exact) mass is 310 g/mol. The van der Waals surface area contributed by atoms with Crippen LogP contribution in [0.5, 0.6) is 0 Å². The molecule has 21 heavy (non-hydrogen) atoms. The minimum absolute atomic E-state index is 0.0758. The Bertz CT molecular complexity index is 577. The number of ether oxygens (including phenoxy) is 1. The molecule has 3 rings (SSSR count). The topological polar surface area (TPSA) is 96.8 Å². The Morgan fingerprint density at radius 2 is 2.05 bits per heavy atom. The third-order valence-electron chi connectivity index (χ3n) is 3.57. The van der Waals surface area contributed by atoms with Gasteiger partial charge < -0.3 is 9.84 Å². The molecule has 2 atom stereocenters. The molecule has 3 heterocycles. The van der Waals surface area contributed by atoms with E-state index in [0.717, 1.165) is 4.90 Å². The number of nitrogens with zero attached hydrogens (tertiary/aromatic N) is 2. The van der Waals surface area contributed by atoms with Gasteiger partial charge in [-0.2, -0.15) is 0 Å². The highest BCUT2D eigenvalue weighted by Crippen LogP contribution is 2.33. The molecule has 112 valence electrons. The number of amides is 2. The van der Waals surface area contributed by atoms with Gasteiger partial charge in [-0.15, -0.1) is 11.3 Å². The van der Waals surface area contributed by atoms with E-state index in [-0.39, 0.29) is 18.2 Å². The van der Waals surface area contributed by atoms with Gasteiger partial charge in [0.25, 0.3) is 11.8 Å². The molecule has 0 radical (unpaired) electrons. The number of morpholine rings is 1. The Hall–Kier alpha value is -1.80. The van der Waals surface area contributed by atoms with Gasteiger partial charge in [0.15, 0.2) is 5.13 Å². The quantitative estimate of drug-likeness (QED) is 0.814. The lowest BCUT2D eigenvalue weighted by Gasteiger charge is -2.27. The molecule has 2 aliphatic rings. The number of fused-ring (bicyclic) bond motifs is 2. The zero-order chi connectivity index (χ0) is 15.0. The van der Waals surface area contributed by atoms with E-state index in [4.69, 9.17) is 9.84 Å². The van der Waals surface area contributed by atoms with E-state index in [0.29, 0.717) is 36.5 Å². The normalized spacial score (nSPS) is 24.7. The van der Waals surface area contributed by atoms with E-state index in [1.807, 2.05) is 0 Å². The summed E-state index contributed by atoms with van der Waals surface area (Å²) in [5, 5.41) is 10.7. The summed E-state index contributed by atoms with van der Waals surface area (Å²) in [4.78, 5) is 40.2. The summed E-state index contributed by atoms with van der Waals surface area (Å²) in [5.74, 6) is -1.54. The highest BCUT2D eigenvalue weighted by molar-refractivity contribution is 7.14. The molecule has 1 aromatic heterocycles. The van der Waals surface area contributed by atoms with Crippen LogP contribution in [-0.4, -0.2) is 40.1 Å². The number of hydrogen-bond donors (Lipinski definition) is 1. The number of anilines is 1. The number of aliphatic carboxylic acids is 1. The van der Waals surface area contributed by atoms with Crippen molar-refractivity contribution in [3.63, 3.8) is 0 Å². The summed E-state index contributed by atoms with van der Waals surface area (Å²) < 4.78 is 5.34. The van der Waals surface area contributed by atoms with Gasteiger partial charge in [-0.05, 0) is 25.7 Å². The SMILES string of the molecule is O=C(O)CCCc1csc(N2C(=O)C3CCC(O3)C2=O)n1. The van der Waals surface area contributed by atoms with Crippen LogP contribution in [0.15, 0.2) is 5.38 Å². The second-order valence-electron chi connectivity index (χ2n) is 5.07. The van der Waals surface area contributed by atoms with Crippen LogP contribution in [0.25, 0.3) is 0 Å². The number of rotatable bonds is 5. The molecule has 2 bridgehead atoms. The molecular formula is C13H14N2O5S. The van der Waals surface area contributed by atoms with Crippen LogP contribution in [0.4, 0.5) is 5.13 Å². The van der Waals surface area contributed by atoms with Gasteiger partial charge in [0.2, 0.25) is 0 Å². The molecule has 1 aromatic rings. The number of carboxylic acids is 1. The maximum Gasteiger partial charge on any atom is 0.303 e. The van der Waals surface area contributed by atoms with E-state index in [2.05, 4.69) is 4.98 Å². The fourth-order valence-corrected chi connectivity index (χ4v) is 3.39. The molecule has 8 heteroatoms. The first-order chi connectivity index (χ1) is 10.1. The molecular weight excluding hydrogens is 296 g/mol. The molecule has 2 aliphatic heterocycles. The summed E-state index contributed by atoms with van der Waals surface area (Å²) in [5.41, 5.74) is 0.704. The van der Waals surface area contributed by atoms with Crippen molar-refractivity contribution in [2.45, 2.75) is 44.3 Å². The number of imide groups is 1. The van der Waals surface area contributed by atoms with Crippen molar-refractivity contribution in [2.24, 2.45) is 0 Å². The fraction of sp³-hybridized carbons (Fsp3) is 0.538. The van der Waals surface area contributed by atoms with E-state index < -0.39 is 18.2 Å². The van der Waals surface area contributed by atoms with Crippen LogP contribution in [0.2, 0.25) is 0 Å². The number of thiazole rings is 1. The number of aryl methyl sites for hydroxylation is 1. The third kappa shape index (κ3) is 2.68. The van der Waals surface area contributed by atoms with Crippen molar-refractivity contribution >= 4 is 34.3 Å². The zero-order valence-corrected chi connectivity index (χ0v) is 12.0. The lowest BCUT2D eigenvalue weighted by molar-refractivity contribution is -0.147. The van der Waals surface area contributed by atoms with E-state index in [1.54, 1.807) is 5.38 Å². The molecule has 0 spiro atoms.